The summed E-state index contributed by atoms with van der Waals surface area (Å²) >= 11 is 1.84. The van der Waals surface area contributed by atoms with E-state index in [-0.39, 0.29) is 0 Å². The van der Waals surface area contributed by atoms with Crippen LogP contribution >= 0.6 is 11.8 Å². The van der Waals surface area contributed by atoms with E-state index in [1.165, 1.54) is 53.5 Å². The van der Waals surface area contributed by atoms with Crippen molar-refractivity contribution in [2.45, 2.75) is 15.2 Å². The molecule has 1 aliphatic heterocycles. The molecule has 1 atom stereocenters. The van der Waals surface area contributed by atoms with Crippen LogP contribution in [0, 0.1) is 6.57 Å². The Bertz CT molecular complexity index is 4700. The molecule has 6 nitrogen and oxygen atoms in total. The van der Waals surface area contributed by atoms with Crippen LogP contribution in [0.3, 0.4) is 0 Å². The molecule has 16 rings (SSSR count). The summed E-state index contributed by atoms with van der Waals surface area (Å²) in [5.41, 5.74) is 18.7. The Morgan fingerprint density at radius 3 is 1.58 bits per heavy atom. The quantitative estimate of drug-likeness (QED) is 0.165. The Morgan fingerprint density at radius 1 is 0.370 bits per heavy atom. The van der Waals surface area contributed by atoms with Crippen LogP contribution in [0.15, 0.2) is 241 Å². The van der Waals surface area contributed by atoms with Gasteiger partial charge in [-0.05, 0) is 130 Å². The van der Waals surface area contributed by atoms with E-state index in [4.69, 9.17) is 16.5 Å². The lowest BCUT2D eigenvalue weighted by molar-refractivity contribution is 0.719. The molecule has 0 amide bonds. The number of aromatic nitrogens is 5. The fraction of sp³-hybridized carbons (Fsp3) is 0.0152. The summed E-state index contributed by atoms with van der Waals surface area (Å²) in [4.78, 5) is 16.7. The highest BCUT2D eigenvalue weighted by Crippen LogP contribution is 2.62. The van der Waals surface area contributed by atoms with Crippen molar-refractivity contribution in [3.63, 3.8) is 0 Å². The first-order chi connectivity index (χ1) is 36.2. The molecule has 0 radical (unpaired) electrons. The molecule has 0 N–H and O–H groups in total. The zero-order chi connectivity index (χ0) is 47.9. The molecule has 7 heteroatoms. The van der Waals surface area contributed by atoms with E-state index in [1.807, 2.05) is 36.3 Å². The maximum atomic E-state index is 7.81. The van der Waals surface area contributed by atoms with Gasteiger partial charge in [-0.3, -0.25) is 9.97 Å². The molecule has 1 aliphatic carbocycles. The van der Waals surface area contributed by atoms with Gasteiger partial charge >= 0.3 is 0 Å². The third-order valence-corrected chi connectivity index (χ3v) is 16.7. The van der Waals surface area contributed by atoms with Crippen molar-refractivity contribution in [1.29, 1.82) is 0 Å². The maximum absolute atomic E-state index is 7.81. The Hall–Kier alpha value is -9.48. The Kier molecular flexibility index (Phi) is 8.28. The highest BCUT2D eigenvalue weighted by molar-refractivity contribution is 7.99. The molecule has 338 valence electrons. The second-order valence-electron chi connectivity index (χ2n) is 19.2. The van der Waals surface area contributed by atoms with Gasteiger partial charge in [-0.25, -0.2) is 4.85 Å². The lowest BCUT2D eigenvalue weighted by Gasteiger charge is -2.39. The first kappa shape index (κ1) is 40.3. The molecule has 73 heavy (non-hydrogen) atoms. The average molecular weight is 947 g/mol. The van der Waals surface area contributed by atoms with Crippen LogP contribution in [0.25, 0.3) is 110 Å². The van der Waals surface area contributed by atoms with E-state index in [1.54, 1.807) is 0 Å². The van der Waals surface area contributed by atoms with E-state index >= 15 is 0 Å². The topological polar surface area (TPSA) is 44.9 Å². The van der Waals surface area contributed by atoms with E-state index in [2.05, 4.69) is 225 Å². The first-order valence-electron chi connectivity index (χ1n) is 24.6. The van der Waals surface area contributed by atoms with Crippen LogP contribution in [0.2, 0.25) is 0 Å². The van der Waals surface area contributed by atoms with Crippen LogP contribution in [-0.4, -0.2) is 23.7 Å². The van der Waals surface area contributed by atoms with Crippen molar-refractivity contribution in [2.24, 2.45) is 0 Å². The highest BCUT2D eigenvalue weighted by Gasteiger charge is 2.52. The minimum Gasteiger partial charge on any atom is -0.309 e. The van der Waals surface area contributed by atoms with Gasteiger partial charge in [-0.2, -0.15) is 0 Å². The Morgan fingerprint density at radius 2 is 0.890 bits per heavy atom. The normalized spacial score (nSPS) is 14.6. The van der Waals surface area contributed by atoms with E-state index in [9.17, 15) is 0 Å². The lowest BCUT2D eigenvalue weighted by atomic mass is 9.67. The van der Waals surface area contributed by atoms with Gasteiger partial charge in [0.05, 0.1) is 68.4 Å². The van der Waals surface area contributed by atoms with Crippen molar-refractivity contribution in [3.05, 3.63) is 264 Å². The van der Waals surface area contributed by atoms with Gasteiger partial charge in [0.2, 0.25) is 0 Å². The molecule has 0 saturated heterocycles. The zero-order valence-corrected chi connectivity index (χ0v) is 39.8. The second kappa shape index (κ2) is 15.0. The van der Waals surface area contributed by atoms with Gasteiger partial charge in [0, 0.05) is 59.9 Å². The van der Waals surface area contributed by atoms with E-state index < -0.39 is 5.41 Å². The molecule has 1 unspecified atom stereocenters. The third-order valence-electron chi connectivity index (χ3n) is 15.6. The fourth-order valence-corrected chi connectivity index (χ4v) is 13.8. The van der Waals surface area contributed by atoms with Crippen LogP contribution in [0.4, 0.5) is 5.69 Å². The first-order valence-corrected chi connectivity index (χ1v) is 25.4. The summed E-state index contributed by atoms with van der Waals surface area (Å²) in [5.74, 6) is 0. The number of hydrogen-bond donors (Lipinski definition) is 0. The molecule has 6 heterocycles. The molecule has 0 bridgehead atoms. The second-order valence-corrected chi connectivity index (χ2v) is 20.3. The van der Waals surface area contributed by atoms with Crippen molar-refractivity contribution in [2.75, 3.05) is 0 Å². The molecule has 0 saturated carbocycles. The molecular weight excluding hydrogens is 909 g/mol. The summed E-state index contributed by atoms with van der Waals surface area (Å²) in [6, 6.07) is 79.3. The molecule has 1 spiro atoms. The summed E-state index contributed by atoms with van der Waals surface area (Å²) in [5, 5.41) is 7.06. The van der Waals surface area contributed by atoms with E-state index in [0.717, 1.165) is 83.5 Å². The smallest absolute Gasteiger partial charge is 0.188 e. The van der Waals surface area contributed by atoms with Crippen LogP contribution < -0.4 is 0 Å². The number of nitrogens with zero attached hydrogens (tertiary/aromatic N) is 6. The predicted molar refractivity (Wildman–Crippen MR) is 298 cm³/mol. The molecule has 9 aromatic carbocycles. The van der Waals surface area contributed by atoms with Gasteiger partial charge in [-0.15, -0.1) is 0 Å². The molecule has 0 fully saturated rings. The number of rotatable bonds is 4. The minimum atomic E-state index is -0.716. The number of para-hydroxylation sites is 4. The van der Waals surface area contributed by atoms with Gasteiger partial charge in [0.25, 0.3) is 0 Å². The molecule has 5 aromatic heterocycles. The Labute approximate surface area is 423 Å². The van der Waals surface area contributed by atoms with Crippen molar-refractivity contribution >= 4 is 82.9 Å². The van der Waals surface area contributed by atoms with Gasteiger partial charge < -0.3 is 13.7 Å². The Balaban J connectivity index is 0.891. The minimum absolute atomic E-state index is 0.623. The molecular formula is C66H38N6S. The van der Waals surface area contributed by atoms with Crippen LogP contribution in [-0.2, 0) is 5.41 Å². The SMILES string of the molecule is [C-]#[N+]c1ccc2c(c1)c1ccccc1n2-c1cnc2c(c1)C1(c3ccccc3Sc3ccc(-c4ccc5c(c4)c4ccccc4n5-c4cccc(-n5c6ccccc6c6ccccc65)c4)cc31)c1cccnc1-2. The molecule has 2 aliphatic rings. The summed E-state index contributed by atoms with van der Waals surface area (Å²) in [6.07, 6.45) is 3.89. The third kappa shape index (κ3) is 5.47. The van der Waals surface area contributed by atoms with Crippen LogP contribution in [0.1, 0.15) is 22.3 Å². The number of hydrogen-bond acceptors (Lipinski definition) is 3. The number of pyridine rings is 2. The largest absolute Gasteiger partial charge is 0.309 e. The fourth-order valence-electron chi connectivity index (χ4n) is 12.6. The van der Waals surface area contributed by atoms with E-state index in [0.29, 0.717) is 5.69 Å². The standard InChI is InChI=1S/C66H38N6S/c1-67-42-29-31-61-51(36-42)49-19-5-10-25-59(49)72(61)45-38-55-65(69-39-45)64-53(21-13-33-68-64)66(55)52-20-6-11-26-62(52)73-63-32-28-41(35-54(63)66)40-27-30-60-50(34-40)48-18-4-9-24-58(48)71(60)44-15-12-14-43(37-44)70-56-22-7-2-16-46(56)47-17-3-8-23-57(47)70/h2-39H. The summed E-state index contributed by atoms with van der Waals surface area (Å²) in [6.45, 7) is 7.81. The van der Waals surface area contributed by atoms with Crippen molar-refractivity contribution in [3.8, 4) is 39.6 Å². The monoisotopic (exact) mass is 946 g/mol. The predicted octanol–water partition coefficient (Wildman–Crippen LogP) is 16.8. The molecule has 14 aromatic rings. The van der Waals surface area contributed by atoms with Crippen molar-refractivity contribution in [1.82, 2.24) is 23.7 Å². The number of benzene rings is 9. The zero-order valence-electron chi connectivity index (χ0n) is 39.0. The van der Waals surface area contributed by atoms with Gasteiger partial charge in [-0.1, -0.05) is 133 Å². The number of fused-ring (bicyclic) bond motifs is 18. The summed E-state index contributed by atoms with van der Waals surface area (Å²) < 4.78 is 7.13. The van der Waals surface area contributed by atoms with Crippen molar-refractivity contribution < 1.29 is 0 Å². The van der Waals surface area contributed by atoms with Crippen LogP contribution in [0.5, 0.6) is 0 Å². The highest BCUT2D eigenvalue weighted by atomic mass is 32.2. The van der Waals surface area contributed by atoms with Gasteiger partial charge in [0.1, 0.15) is 0 Å². The lowest BCUT2D eigenvalue weighted by Crippen LogP contribution is -2.32. The summed E-state index contributed by atoms with van der Waals surface area (Å²) in [7, 11) is 0. The average Bonchev–Trinajstić information content (AvgIpc) is 4.17. The maximum Gasteiger partial charge on any atom is 0.188 e. The van der Waals surface area contributed by atoms with Gasteiger partial charge in [0.15, 0.2) is 5.69 Å².